The molecule has 3 aromatic carbocycles. The number of para-hydroxylation sites is 1. The first-order valence-electron chi connectivity index (χ1n) is 17.2. The van der Waals surface area contributed by atoms with Crippen molar-refractivity contribution in [3.63, 3.8) is 0 Å². The molecule has 0 saturated carbocycles. The van der Waals surface area contributed by atoms with Gasteiger partial charge in [0.05, 0.1) is 61.3 Å². The van der Waals surface area contributed by atoms with Crippen molar-refractivity contribution in [2.45, 2.75) is 25.4 Å². The summed E-state index contributed by atoms with van der Waals surface area (Å²) in [4.78, 5) is 65.1. The number of likely N-dealkylation sites (tertiary alicyclic amines) is 1. The minimum absolute atomic E-state index is 0. The van der Waals surface area contributed by atoms with Crippen LogP contribution in [0.15, 0.2) is 90.0 Å². The van der Waals surface area contributed by atoms with Gasteiger partial charge in [-0.3, -0.25) is 9.69 Å². The van der Waals surface area contributed by atoms with Crippen LogP contribution >= 0.6 is 0 Å². The van der Waals surface area contributed by atoms with E-state index < -0.39 is 24.0 Å². The van der Waals surface area contributed by atoms with Crippen LogP contribution in [0.1, 0.15) is 28.1 Å². The first-order valence-corrected chi connectivity index (χ1v) is 17.2. The van der Waals surface area contributed by atoms with Crippen LogP contribution in [-0.2, 0) is 4.74 Å². The number of urea groups is 2. The molecule has 0 bridgehead atoms. The average Bonchev–Trinajstić information content (AvgIpc) is 3.89. The van der Waals surface area contributed by atoms with Gasteiger partial charge in [0.2, 0.25) is 0 Å². The van der Waals surface area contributed by atoms with E-state index in [9.17, 15) is 23.6 Å². The number of anilines is 2. The molecule has 2 atom stereocenters. The van der Waals surface area contributed by atoms with Crippen LogP contribution in [0.2, 0.25) is 0 Å². The average molecular weight is 728 g/mol. The molecular weight excluding hydrogens is 685 g/mol. The molecule has 0 spiro atoms. The van der Waals surface area contributed by atoms with E-state index in [1.54, 1.807) is 77.6 Å². The molecule has 2 N–H and O–H groups in total. The second kappa shape index (κ2) is 15.0. The van der Waals surface area contributed by atoms with Gasteiger partial charge in [-0.1, -0.05) is 18.2 Å². The third-order valence-electron chi connectivity index (χ3n) is 9.39. The Morgan fingerprint density at radius 1 is 0.943 bits per heavy atom. The van der Waals surface area contributed by atoms with Crippen LogP contribution in [-0.4, -0.2) is 105 Å². The van der Waals surface area contributed by atoms with Crippen LogP contribution in [0.25, 0.3) is 16.6 Å². The zero-order valence-corrected chi connectivity index (χ0v) is 29.1. The van der Waals surface area contributed by atoms with Crippen molar-refractivity contribution in [2.24, 2.45) is 0 Å². The summed E-state index contributed by atoms with van der Waals surface area (Å²) in [5.41, 5.74) is 1.56. The molecule has 278 valence electrons. The summed E-state index contributed by atoms with van der Waals surface area (Å²) < 4.78 is 20.0. The normalized spacial score (nSPS) is 16.4. The van der Waals surface area contributed by atoms with Gasteiger partial charge in [-0.05, 0) is 67.9 Å². The molecule has 5 amide bonds. The number of piperazine rings is 1. The maximum Gasteiger partial charge on any atom is 0.407 e. The number of halogens is 1. The highest BCUT2D eigenvalue weighted by Gasteiger charge is 2.34. The van der Waals surface area contributed by atoms with E-state index in [0.717, 1.165) is 0 Å². The predicted octanol–water partition coefficient (Wildman–Crippen LogP) is 4.21. The lowest BCUT2D eigenvalue weighted by Crippen LogP contribution is -2.58. The van der Waals surface area contributed by atoms with Crippen molar-refractivity contribution < 1.29 is 26.4 Å². The quantitative estimate of drug-likeness (QED) is 0.250. The number of aromatic nitrogens is 5. The molecule has 2 aliphatic rings. The predicted molar refractivity (Wildman–Crippen MR) is 198 cm³/mol. The first-order chi connectivity index (χ1) is 25.7. The number of carbonyl (C=O) groups is 3. The molecule has 2 aromatic heterocycles. The summed E-state index contributed by atoms with van der Waals surface area (Å²) in [7, 11) is 1.30. The van der Waals surface area contributed by atoms with Gasteiger partial charge >= 0.3 is 18.2 Å². The SMILES string of the molecule is COC(=O)NC1CCN(C(=O)N2CCN(n3c(C(C)N(C(=O)Nc4ccc(F)cc4)c4cccc(-n5nccn5)c4)nc4ccccc4c3=O)CC2)C1.[HH].[HH]. The molecule has 2 unspecified atom stereocenters. The highest BCUT2D eigenvalue weighted by molar-refractivity contribution is 6.02. The third-order valence-corrected chi connectivity index (χ3v) is 9.39. The second-order valence-corrected chi connectivity index (χ2v) is 12.7. The number of amides is 5. The second-order valence-electron chi connectivity index (χ2n) is 12.7. The number of benzene rings is 3. The lowest BCUT2D eigenvalue weighted by Gasteiger charge is -2.40. The van der Waals surface area contributed by atoms with Gasteiger partial charge < -0.3 is 30.2 Å². The molecule has 0 radical (unpaired) electrons. The Bertz CT molecular complexity index is 2180. The number of ether oxygens (including phenoxy) is 1. The summed E-state index contributed by atoms with van der Waals surface area (Å²) in [6.07, 6.45) is 3.17. The topological polar surface area (TPSA) is 163 Å². The Kier molecular flexibility index (Phi) is 9.87. The van der Waals surface area contributed by atoms with Gasteiger partial charge in [0.25, 0.3) is 5.56 Å². The van der Waals surface area contributed by atoms with Crippen LogP contribution in [0.5, 0.6) is 0 Å². The fourth-order valence-corrected chi connectivity index (χ4v) is 6.71. The van der Waals surface area contributed by atoms with E-state index in [0.29, 0.717) is 79.5 Å². The standard InChI is InChI=1S/C36H38FN11O5.2H2/c1-24(46(34(50)40-26-12-10-25(37)11-13-26)28-6-5-7-29(22-28)48-38-15-16-39-48)32-42-31-9-4-3-8-30(31)33(49)47(32)45-20-18-43(19-21-45)36(52)44-17-14-27(23-44)41-35(51)53-2;;/h3-13,15-16,22,24,27H,14,17-21,23H2,1-2H3,(H,40,50)(H,41,51);2*1H. The number of carbonyl (C=O) groups excluding carboxylic acids is 3. The number of nitrogens with zero attached hydrogens (tertiary/aromatic N) is 9. The number of fused-ring (bicyclic) bond motifs is 1. The minimum atomic E-state index is -0.836. The van der Waals surface area contributed by atoms with Crippen molar-refractivity contribution in [1.29, 1.82) is 0 Å². The summed E-state index contributed by atoms with van der Waals surface area (Å²) >= 11 is 0. The Morgan fingerprint density at radius 3 is 2.42 bits per heavy atom. The molecule has 4 heterocycles. The van der Waals surface area contributed by atoms with Gasteiger partial charge in [0, 0.05) is 40.4 Å². The van der Waals surface area contributed by atoms with Crippen molar-refractivity contribution in [3.05, 3.63) is 107 Å². The highest BCUT2D eigenvalue weighted by atomic mass is 19.1. The van der Waals surface area contributed by atoms with Crippen molar-refractivity contribution in [2.75, 3.05) is 61.6 Å². The zero-order chi connectivity index (χ0) is 37.1. The Morgan fingerprint density at radius 2 is 1.68 bits per heavy atom. The maximum absolute atomic E-state index is 14.4. The monoisotopic (exact) mass is 727 g/mol. The number of methoxy groups -OCH3 is 1. The van der Waals surface area contributed by atoms with Crippen LogP contribution in [0.3, 0.4) is 0 Å². The van der Waals surface area contributed by atoms with E-state index in [1.807, 2.05) is 5.01 Å². The van der Waals surface area contributed by atoms with E-state index >= 15 is 0 Å². The zero-order valence-electron chi connectivity index (χ0n) is 29.1. The summed E-state index contributed by atoms with van der Waals surface area (Å²) in [5, 5.41) is 16.3. The van der Waals surface area contributed by atoms with Gasteiger partial charge in [-0.25, -0.2) is 28.4 Å². The van der Waals surface area contributed by atoms with Crippen LogP contribution < -0.4 is 26.1 Å². The van der Waals surface area contributed by atoms with Crippen molar-refractivity contribution in [1.82, 2.24) is 39.8 Å². The number of nitrogens with one attached hydrogen (secondary N) is 2. The Hall–Kier alpha value is -6.52. The molecule has 2 aliphatic heterocycles. The maximum atomic E-state index is 14.4. The lowest BCUT2D eigenvalue weighted by atomic mass is 10.1. The summed E-state index contributed by atoms with van der Waals surface area (Å²) in [6.45, 7) is 3.92. The fraction of sp³-hybridized carbons (Fsp3) is 0.306. The molecule has 16 nitrogen and oxygen atoms in total. The molecular formula is C36H42FN11O5. The first kappa shape index (κ1) is 34.9. The number of alkyl carbamates (subject to hydrolysis) is 1. The van der Waals surface area contributed by atoms with E-state index in [1.165, 1.54) is 45.7 Å². The number of hydrogen-bond donors (Lipinski definition) is 2. The molecule has 17 heteroatoms. The van der Waals surface area contributed by atoms with Crippen molar-refractivity contribution >= 4 is 40.4 Å². The molecule has 53 heavy (non-hydrogen) atoms. The van der Waals surface area contributed by atoms with E-state index in [4.69, 9.17) is 9.72 Å². The number of rotatable bonds is 7. The largest absolute Gasteiger partial charge is 0.453 e. The van der Waals surface area contributed by atoms with E-state index in [-0.39, 0.29) is 20.5 Å². The third kappa shape index (κ3) is 7.31. The Labute approximate surface area is 306 Å². The molecule has 5 aromatic rings. The highest BCUT2D eigenvalue weighted by Crippen LogP contribution is 2.30. The lowest BCUT2D eigenvalue weighted by molar-refractivity contribution is 0.152. The number of hydrogen-bond acceptors (Lipinski definition) is 9. The summed E-state index contributed by atoms with van der Waals surface area (Å²) in [5.74, 6) is -0.152. The van der Waals surface area contributed by atoms with Gasteiger partial charge in [-0.15, -0.1) is 0 Å². The fourth-order valence-electron chi connectivity index (χ4n) is 6.71. The van der Waals surface area contributed by atoms with Crippen LogP contribution in [0, 0.1) is 5.82 Å². The molecule has 2 saturated heterocycles. The van der Waals surface area contributed by atoms with Gasteiger partial charge in [0.15, 0.2) is 5.82 Å². The van der Waals surface area contributed by atoms with Gasteiger partial charge in [-0.2, -0.15) is 15.0 Å². The van der Waals surface area contributed by atoms with Crippen LogP contribution in [0.4, 0.5) is 30.1 Å². The van der Waals surface area contributed by atoms with E-state index in [2.05, 4.69) is 20.8 Å². The molecule has 0 aliphatic carbocycles. The smallest absolute Gasteiger partial charge is 0.407 e. The summed E-state index contributed by atoms with van der Waals surface area (Å²) in [6, 6.07) is 17.8. The minimum Gasteiger partial charge on any atom is -0.453 e. The Balaban J connectivity index is 0.00000290. The molecule has 2 fully saturated rings. The molecule has 7 rings (SSSR count). The van der Waals surface area contributed by atoms with Gasteiger partial charge in [0.1, 0.15) is 5.82 Å². The van der Waals surface area contributed by atoms with Crippen molar-refractivity contribution in [3.8, 4) is 5.69 Å².